The lowest BCUT2D eigenvalue weighted by molar-refractivity contribution is -0.658. The summed E-state index contributed by atoms with van der Waals surface area (Å²) in [6.07, 6.45) is 14.8. The van der Waals surface area contributed by atoms with E-state index in [1.54, 1.807) is 0 Å². The monoisotopic (exact) mass is 660 g/mol. The Morgan fingerprint density at radius 1 is 0.979 bits per heavy atom. The number of anilines is 1. The van der Waals surface area contributed by atoms with Crippen LogP contribution in [-0.4, -0.2) is 18.2 Å². The minimum Gasteiger partial charge on any atom is -0.427 e. The molecule has 0 fully saturated rings. The van der Waals surface area contributed by atoms with E-state index in [1.165, 1.54) is 28.1 Å². The van der Waals surface area contributed by atoms with E-state index in [2.05, 4.69) is 97.5 Å². The zero-order valence-corrected chi connectivity index (χ0v) is 29.7. The lowest BCUT2D eigenvalue weighted by Crippen LogP contribution is -2.30. The molecule has 48 heavy (non-hydrogen) atoms. The molecule has 0 radical (unpaired) electrons. The minimum absolute atomic E-state index is 0.123. The van der Waals surface area contributed by atoms with Crippen LogP contribution in [0.25, 0.3) is 0 Å². The first-order valence-electron chi connectivity index (χ1n) is 17.3. The number of aryl methyl sites for hydroxylation is 1. The molecule has 3 aliphatic rings. The first-order valence-corrected chi connectivity index (χ1v) is 17.7. The van der Waals surface area contributed by atoms with Crippen LogP contribution in [0.3, 0.4) is 0 Å². The van der Waals surface area contributed by atoms with Gasteiger partial charge in [0.15, 0.2) is 5.71 Å². The number of allylic oxidation sites excluding steroid dienone is 5. The van der Waals surface area contributed by atoms with Crippen molar-refractivity contribution in [3.05, 3.63) is 124 Å². The molecule has 1 aromatic heterocycles. The fraction of sp³-hybridized carbons (Fsp3) is 0.381. The van der Waals surface area contributed by atoms with Gasteiger partial charge in [-0.2, -0.15) is 0 Å². The molecule has 2 aromatic carbocycles. The Hall–Kier alpha value is -4.18. The maximum Gasteiger partial charge on any atom is 0.327 e. The number of ether oxygens (including phenoxy) is 1. The van der Waals surface area contributed by atoms with Crippen LogP contribution in [0.2, 0.25) is 0 Å². The molecular formula is C42H47ClN3O2+. The summed E-state index contributed by atoms with van der Waals surface area (Å²) in [6.45, 7) is 9.92. The van der Waals surface area contributed by atoms with Gasteiger partial charge in [0, 0.05) is 35.0 Å². The highest BCUT2D eigenvalue weighted by molar-refractivity contribution is 6.30. The van der Waals surface area contributed by atoms with Crippen LogP contribution in [0.4, 0.5) is 11.5 Å². The number of nitrogens with zero attached hydrogens (tertiary/aromatic N) is 3. The fourth-order valence-corrected chi connectivity index (χ4v) is 7.57. The summed E-state index contributed by atoms with van der Waals surface area (Å²) >= 11 is 7.15. The third-order valence-corrected chi connectivity index (χ3v) is 10.6. The van der Waals surface area contributed by atoms with E-state index in [1.807, 2.05) is 43.6 Å². The SMILES string of the molecule is C[n+]1cccc2c1N=C(/C=C/C1=C(Cl)C(C=C=C3N(CCCCCC(=O)Oc4ccccc4)c4ccccc4C3(C)C)CCC1)C2(C)C. The van der Waals surface area contributed by atoms with Crippen molar-refractivity contribution in [2.75, 3.05) is 11.4 Å². The van der Waals surface area contributed by atoms with E-state index in [4.69, 9.17) is 21.3 Å². The number of rotatable bonds is 10. The van der Waals surface area contributed by atoms with Crippen molar-refractivity contribution in [3.8, 4) is 5.75 Å². The fourth-order valence-electron chi connectivity index (χ4n) is 7.24. The van der Waals surface area contributed by atoms with Crippen molar-refractivity contribution in [1.29, 1.82) is 0 Å². The maximum absolute atomic E-state index is 12.3. The predicted octanol–water partition coefficient (Wildman–Crippen LogP) is 9.73. The van der Waals surface area contributed by atoms with Gasteiger partial charge in [0.25, 0.3) is 0 Å². The number of pyridine rings is 1. The van der Waals surface area contributed by atoms with E-state index in [9.17, 15) is 4.79 Å². The quantitative estimate of drug-likeness (QED) is 0.0715. The first kappa shape index (κ1) is 33.7. The van der Waals surface area contributed by atoms with Crippen LogP contribution >= 0.6 is 11.6 Å². The molecule has 248 valence electrons. The van der Waals surface area contributed by atoms with Crippen LogP contribution in [0.15, 0.2) is 118 Å². The van der Waals surface area contributed by atoms with Gasteiger partial charge in [-0.05, 0) is 118 Å². The second kappa shape index (κ2) is 14.1. The molecule has 0 bridgehead atoms. The standard InChI is InChI=1S/C42H47ClN3O2/c1-41(2)34-21-15-28-45(5)40(34)44-36(41)26-24-30-16-14-17-31(39(30)43)25-27-37-42(3,4)33-20-11-12-22-35(33)46(37)29-13-7-10-23-38(47)48-32-18-8-6-9-19-32/h6,8-9,11-12,15,18-22,24-26,28,31H,7,10,13-14,16-17,23,29H2,1-5H3/q+1/b26-24+. The molecule has 6 heteroatoms. The van der Waals surface area contributed by atoms with Crippen molar-refractivity contribution < 1.29 is 14.1 Å². The van der Waals surface area contributed by atoms with E-state index in [0.717, 1.165) is 61.6 Å². The van der Waals surface area contributed by atoms with Gasteiger partial charge in [-0.1, -0.05) is 60.5 Å². The zero-order chi connectivity index (χ0) is 33.9. The highest BCUT2D eigenvalue weighted by atomic mass is 35.5. The van der Waals surface area contributed by atoms with Gasteiger partial charge in [-0.25, -0.2) is 4.57 Å². The summed E-state index contributed by atoms with van der Waals surface area (Å²) in [5.41, 5.74) is 10.7. The summed E-state index contributed by atoms with van der Waals surface area (Å²) in [6, 6.07) is 22.2. The van der Waals surface area contributed by atoms with Crippen molar-refractivity contribution in [3.63, 3.8) is 0 Å². The van der Waals surface area contributed by atoms with E-state index in [-0.39, 0.29) is 22.7 Å². The van der Waals surface area contributed by atoms with Gasteiger partial charge in [-0.3, -0.25) is 4.79 Å². The highest BCUT2D eigenvalue weighted by Crippen LogP contribution is 2.47. The van der Waals surface area contributed by atoms with E-state index in [0.29, 0.717) is 12.2 Å². The third kappa shape index (κ3) is 6.86. The molecule has 2 aliphatic heterocycles. The largest absolute Gasteiger partial charge is 0.427 e. The Labute approximate surface area is 291 Å². The van der Waals surface area contributed by atoms with Crippen LogP contribution in [-0.2, 0) is 22.7 Å². The van der Waals surface area contributed by atoms with Crippen LogP contribution in [0.5, 0.6) is 5.75 Å². The molecule has 3 heterocycles. The number of aromatic nitrogens is 1. The zero-order valence-electron chi connectivity index (χ0n) is 28.9. The van der Waals surface area contributed by atoms with Crippen molar-refractivity contribution >= 4 is 34.8 Å². The van der Waals surface area contributed by atoms with Gasteiger partial charge < -0.3 is 9.64 Å². The number of carbonyl (C=O) groups excluding carboxylic acids is 1. The smallest absolute Gasteiger partial charge is 0.327 e. The second-order valence-corrected chi connectivity index (χ2v) is 14.6. The molecule has 0 N–H and O–H groups in total. The number of para-hydroxylation sites is 2. The first-order chi connectivity index (χ1) is 23.1. The Morgan fingerprint density at radius 2 is 1.73 bits per heavy atom. The Bertz CT molecular complexity index is 1840. The van der Waals surface area contributed by atoms with Crippen LogP contribution < -0.4 is 14.2 Å². The lowest BCUT2D eigenvalue weighted by Gasteiger charge is -2.26. The average molecular weight is 661 g/mol. The molecular weight excluding hydrogens is 614 g/mol. The Morgan fingerprint density at radius 3 is 2.52 bits per heavy atom. The third-order valence-electron chi connectivity index (χ3n) is 10.1. The number of unbranched alkanes of at least 4 members (excludes halogenated alkanes) is 2. The number of fused-ring (bicyclic) bond motifs is 2. The highest BCUT2D eigenvalue weighted by Gasteiger charge is 2.42. The Kier molecular flexibility index (Phi) is 9.92. The minimum atomic E-state index is -0.183. The van der Waals surface area contributed by atoms with Crippen molar-refractivity contribution in [2.24, 2.45) is 18.0 Å². The molecule has 1 unspecified atom stereocenters. The number of benzene rings is 2. The second-order valence-electron chi connectivity index (χ2n) is 14.2. The summed E-state index contributed by atoms with van der Waals surface area (Å²) < 4.78 is 7.56. The molecule has 0 saturated heterocycles. The molecule has 1 aliphatic carbocycles. The van der Waals surface area contributed by atoms with Gasteiger partial charge >= 0.3 is 11.8 Å². The van der Waals surface area contributed by atoms with E-state index < -0.39 is 0 Å². The van der Waals surface area contributed by atoms with Gasteiger partial charge in [0.05, 0.1) is 29.9 Å². The lowest BCUT2D eigenvalue weighted by atomic mass is 9.81. The van der Waals surface area contributed by atoms with Gasteiger partial charge in [-0.15, -0.1) is 5.73 Å². The van der Waals surface area contributed by atoms with Crippen molar-refractivity contribution in [2.45, 2.75) is 83.5 Å². The average Bonchev–Trinajstić information content (AvgIpc) is 3.46. The van der Waals surface area contributed by atoms with E-state index >= 15 is 0 Å². The molecule has 0 spiro atoms. The summed E-state index contributed by atoms with van der Waals surface area (Å²) in [5, 5.41) is 0.910. The number of halogens is 1. The van der Waals surface area contributed by atoms with Crippen LogP contribution in [0.1, 0.15) is 83.8 Å². The Balaban J connectivity index is 1.17. The van der Waals surface area contributed by atoms with Crippen molar-refractivity contribution in [1.82, 2.24) is 0 Å². The molecule has 1 atom stereocenters. The maximum atomic E-state index is 12.3. The molecule has 0 amide bonds. The summed E-state index contributed by atoms with van der Waals surface area (Å²) in [5.74, 6) is 1.57. The number of hydrogen-bond donors (Lipinski definition) is 0. The predicted molar refractivity (Wildman–Crippen MR) is 196 cm³/mol. The summed E-state index contributed by atoms with van der Waals surface area (Å²) in [4.78, 5) is 19.8. The normalized spacial score (nSPS) is 19.2. The van der Waals surface area contributed by atoms with Crippen LogP contribution in [0, 0.1) is 5.92 Å². The summed E-state index contributed by atoms with van der Waals surface area (Å²) in [7, 11) is 2.05. The molecule has 3 aromatic rings. The number of aliphatic imine (C=N–C) groups is 1. The number of carbonyl (C=O) groups is 1. The van der Waals surface area contributed by atoms with Gasteiger partial charge in [0.2, 0.25) is 0 Å². The number of hydrogen-bond acceptors (Lipinski definition) is 4. The molecule has 6 rings (SSSR count). The molecule has 0 saturated carbocycles. The topological polar surface area (TPSA) is 45.8 Å². The number of esters is 1. The molecule has 5 nitrogen and oxygen atoms in total. The van der Waals surface area contributed by atoms with Gasteiger partial charge in [0.1, 0.15) is 5.75 Å².